The zero-order valence-corrected chi connectivity index (χ0v) is 59.2. The van der Waals surface area contributed by atoms with Gasteiger partial charge in [-0.2, -0.15) is 0 Å². The van der Waals surface area contributed by atoms with Crippen molar-refractivity contribution >= 4 is 19.7 Å². The molecule has 2 rings (SSSR count). The van der Waals surface area contributed by atoms with Crippen LogP contribution < -0.4 is 5.32 Å². The number of allylic oxidation sites excluding steroid dienone is 2. The molecule has 6 N–H and O–H groups in total. The normalized spacial score (nSPS) is 24.1. The lowest BCUT2D eigenvalue weighted by atomic mass is 9.81. The summed E-state index contributed by atoms with van der Waals surface area (Å²) in [6.07, 6.45) is 31.4. The number of rotatable bonds is 62. The molecule has 2 fully saturated rings. The summed E-state index contributed by atoms with van der Waals surface area (Å²) < 4.78 is 80.3. The number of hydrogen-bond donors (Lipinski definition) is 6. The highest BCUT2D eigenvalue weighted by Crippen LogP contribution is 2.43. The molecule has 538 valence electrons. The standard InChI is InChI=1S/C70H134NO19P/c1-9-13-17-21-24-25-26-27-28-29-30-31-34-38-42-46-61(72)71-63-66(84-51-48-57(82-7)44-39-35-20-16-12-4)65(90-91(77,78)79)60(53-80-5)88-68(63)86-54-59-64(75)67(85-52-49-58(83-8)45-41-37-33-23-19-15-11-3)70(76,69(89-59)87-55-62(73)74)50-47-56(81-6)43-40-36-32-22-18-14-10-2/h25-26,56-60,63-69,75-76H,9-24,27-55H2,1-8H3,(H,71,72)(H,73,74)(H2,77,78,79)/b26-25-/t56-,57-,58-,59-,60-,63-,64-,65-,66-,67+,68-,69+,70-/m1/s1. The van der Waals surface area contributed by atoms with E-state index >= 15 is 0 Å². The van der Waals surface area contributed by atoms with E-state index in [2.05, 4.69) is 45.2 Å². The molecule has 91 heavy (non-hydrogen) atoms. The van der Waals surface area contributed by atoms with Crippen molar-refractivity contribution in [1.29, 1.82) is 0 Å². The molecule has 2 aliphatic rings. The van der Waals surface area contributed by atoms with Crippen molar-refractivity contribution in [3.05, 3.63) is 12.2 Å². The number of phosphoric acid groups is 1. The molecule has 0 radical (unpaired) electrons. The van der Waals surface area contributed by atoms with Crippen LogP contribution in [0.25, 0.3) is 0 Å². The number of carbonyl (C=O) groups excluding carboxylic acids is 1. The Hall–Kier alpha value is -1.69. The van der Waals surface area contributed by atoms with Crippen molar-refractivity contribution in [3.8, 4) is 0 Å². The SMILES string of the molecule is CCCCCC/C=C\CCCCCCCCCC(=O)N[C@H]1[C@H](OC[C@H]2O[C@H](OCC(=O)O)[C@@](O)(CC[C@@H](CCCCCCCCC)OC)[C@@H](OCC[C@@H](CCCCCCCCC)OC)[C@@H]2O)O[C@H](COC)[C@@H](OP(=O)(O)O)[C@@H]1OCC[C@@H](CCCCCCC)OC. The van der Waals surface area contributed by atoms with Crippen molar-refractivity contribution in [2.24, 2.45) is 0 Å². The molecule has 0 saturated carbocycles. The minimum atomic E-state index is -5.24. The van der Waals surface area contributed by atoms with E-state index in [1.165, 1.54) is 84.2 Å². The van der Waals surface area contributed by atoms with Crippen LogP contribution in [-0.4, -0.2) is 178 Å². The minimum Gasteiger partial charge on any atom is -0.480 e. The van der Waals surface area contributed by atoms with Gasteiger partial charge in [-0.1, -0.05) is 213 Å². The number of nitrogens with one attached hydrogen (secondary N) is 1. The molecule has 21 heteroatoms. The van der Waals surface area contributed by atoms with Crippen LogP contribution in [0.15, 0.2) is 12.2 Å². The summed E-state index contributed by atoms with van der Waals surface area (Å²) in [5, 5.41) is 38.6. The maximum absolute atomic E-state index is 14.2. The summed E-state index contributed by atoms with van der Waals surface area (Å²) in [4.78, 5) is 47.3. The summed E-state index contributed by atoms with van der Waals surface area (Å²) in [5.41, 5.74) is -2.10. The largest absolute Gasteiger partial charge is 0.480 e. The number of aliphatic carboxylic acids is 1. The maximum Gasteiger partial charge on any atom is 0.470 e. The maximum atomic E-state index is 14.2. The Labute approximate surface area is 551 Å². The zero-order valence-electron chi connectivity index (χ0n) is 58.3. The van der Waals surface area contributed by atoms with Gasteiger partial charge in [-0.3, -0.25) is 9.32 Å². The fraction of sp³-hybridized carbons (Fsp3) is 0.943. The quantitative estimate of drug-likeness (QED) is 0.0188. The van der Waals surface area contributed by atoms with Crippen LogP contribution in [0.3, 0.4) is 0 Å². The number of carboxylic acids is 1. The summed E-state index contributed by atoms with van der Waals surface area (Å²) in [6, 6.07) is -1.26. The van der Waals surface area contributed by atoms with E-state index < -0.39 is 87.9 Å². The highest BCUT2D eigenvalue weighted by atomic mass is 31.2. The topological polar surface area (TPSA) is 266 Å². The number of aliphatic hydroxyl groups is 2. The molecule has 20 nitrogen and oxygen atoms in total. The highest BCUT2D eigenvalue weighted by Gasteiger charge is 2.58. The average molecular weight is 1320 g/mol. The molecule has 2 saturated heterocycles. The van der Waals surface area contributed by atoms with Gasteiger partial charge in [0, 0.05) is 48.1 Å². The fourth-order valence-corrected chi connectivity index (χ4v) is 13.1. The Bertz CT molecular complexity index is 1820. The van der Waals surface area contributed by atoms with Gasteiger partial charge in [0.15, 0.2) is 12.6 Å². The molecule has 0 unspecified atom stereocenters. The summed E-state index contributed by atoms with van der Waals surface area (Å²) in [7, 11) is 1.08. The van der Waals surface area contributed by atoms with Gasteiger partial charge in [0.25, 0.3) is 0 Å². The van der Waals surface area contributed by atoms with Crippen LogP contribution >= 0.6 is 7.82 Å². The molecular weight excluding hydrogens is 1190 g/mol. The lowest BCUT2D eigenvalue weighted by Gasteiger charge is -2.50. The Morgan fingerprint density at radius 3 is 1.46 bits per heavy atom. The van der Waals surface area contributed by atoms with E-state index in [1.807, 2.05) is 0 Å². The number of phosphoric ester groups is 1. The molecule has 0 aromatic rings. The van der Waals surface area contributed by atoms with E-state index in [0.29, 0.717) is 25.7 Å². The van der Waals surface area contributed by atoms with Crippen LogP contribution in [0.5, 0.6) is 0 Å². The summed E-state index contributed by atoms with van der Waals surface area (Å²) in [6.45, 7) is 7.32. The number of hydrogen-bond acceptors (Lipinski definition) is 16. The molecule has 0 aromatic carbocycles. The van der Waals surface area contributed by atoms with Gasteiger partial charge in [-0.05, 0) is 77.0 Å². The van der Waals surface area contributed by atoms with E-state index in [0.717, 1.165) is 141 Å². The molecule has 13 atom stereocenters. The van der Waals surface area contributed by atoms with Crippen LogP contribution in [0.2, 0.25) is 0 Å². The Morgan fingerprint density at radius 2 is 0.989 bits per heavy atom. The molecule has 0 spiro atoms. The first-order valence-corrected chi connectivity index (χ1v) is 37.7. The fourth-order valence-electron chi connectivity index (χ4n) is 12.6. The minimum absolute atomic E-state index is 0.0455. The van der Waals surface area contributed by atoms with Gasteiger partial charge in [0.1, 0.15) is 54.9 Å². The van der Waals surface area contributed by atoms with E-state index in [1.54, 1.807) is 21.3 Å². The second-order valence-corrected chi connectivity index (χ2v) is 27.0. The third kappa shape index (κ3) is 38.7. The number of carbonyl (C=O) groups is 2. The van der Waals surface area contributed by atoms with Gasteiger partial charge >= 0.3 is 13.8 Å². The molecule has 0 aromatic heterocycles. The first-order chi connectivity index (χ1) is 44.0. The Morgan fingerprint density at radius 1 is 0.538 bits per heavy atom. The van der Waals surface area contributed by atoms with Gasteiger partial charge in [0.2, 0.25) is 5.91 Å². The second kappa shape index (κ2) is 54.3. The molecular formula is C70H134NO19P. The van der Waals surface area contributed by atoms with Crippen molar-refractivity contribution < 1.29 is 91.2 Å². The summed E-state index contributed by atoms with van der Waals surface area (Å²) >= 11 is 0. The number of aliphatic hydroxyl groups excluding tert-OH is 1. The van der Waals surface area contributed by atoms with Crippen molar-refractivity contribution in [2.45, 2.75) is 364 Å². The predicted molar refractivity (Wildman–Crippen MR) is 357 cm³/mol. The van der Waals surface area contributed by atoms with Gasteiger partial charge in [-0.15, -0.1) is 0 Å². The van der Waals surface area contributed by atoms with Crippen LogP contribution in [0.4, 0.5) is 0 Å². The average Bonchev–Trinajstić information content (AvgIpc) is 0.784. The van der Waals surface area contributed by atoms with Crippen molar-refractivity contribution in [3.63, 3.8) is 0 Å². The van der Waals surface area contributed by atoms with E-state index in [9.17, 15) is 39.3 Å². The van der Waals surface area contributed by atoms with Crippen LogP contribution in [-0.2, 0) is 66.0 Å². The van der Waals surface area contributed by atoms with E-state index in [4.69, 9.17) is 51.9 Å². The third-order valence-corrected chi connectivity index (χ3v) is 18.7. The van der Waals surface area contributed by atoms with Gasteiger partial charge in [0.05, 0.1) is 31.5 Å². The molecule has 1 amide bonds. The highest BCUT2D eigenvalue weighted by molar-refractivity contribution is 7.46. The monoisotopic (exact) mass is 1320 g/mol. The molecule has 0 aliphatic carbocycles. The second-order valence-electron chi connectivity index (χ2n) is 25.9. The van der Waals surface area contributed by atoms with Crippen LogP contribution in [0.1, 0.15) is 285 Å². The van der Waals surface area contributed by atoms with Gasteiger partial charge in [-0.25, -0.2) is 9.36 Å². The number of unbranched alkanes of at least 4 members (excludes halogenated alkanes) is 27. The number of ether oxygens (including phenoxy) is 10. The van der Waals surface area contributed by atoms with E-state index in [-0.39, 0.29) is 56.9 Å². The Kier molecular flexibility index (Phi) is 51.0. The van der Waals surface area contributed by atoms with Crippen molar-refractivity contribution in [1.82, 2.24) is 5.32 Å². The predicted octanol–water partition coefficient (Wildman–Crippen LogP) is 14.3. The number of carboxylic acid groups (broad SMARTS) is 1. The first kappa shape index (κ1) is 85.4. The molecule has 0 bridgehead atoms. The molecule has 2 heterocycles. The lowest BCUT2D eigenvalue weighted by molar-refractivity contribution is -0.357. The third-order valence-electron chi connectivity index (χ3n) is 18.1. The zero-order chi connectivity index (χ0) is 66.8. The number of methoxy groups -OCH3 is 4. The smallest absolute Gasteiger partial charge is 0.470 e. The first-order valence-electron chi connectivity index (χ1n) is 36.2. The van der Waals surface area contributed by atoms with Crippen LogP contribution in [0, 0.1) is 0 Å². The van der Waals surface area contributed by atoms with Crippen molar-refractivity contribution in [2.75, 3.05) is 61.5 Å². The summed E-state index contributed by atoms with van der Waals surface area (Å²) in [5.74, 6) is -1.69. The number of amides is 1. The Balaban J connectivity index is 2.54. The molecule has 2 aliphatic heterocycles. The van der Waals surface area contributed by atoms with Gasteiger partial charge < -0.3 is 77.8 Å². The lowest BCUT2D eigenvalue weighted by Crippen LogP contribution is -2.69.